The first-order valence-corrected chi connectivity index (χ1v) is 6.60. The van der Waals surface area contributed by atoms with E-state index in [0.29, 0.717) is 11.3 Å². The molecule has 0 heterocycles. The van der Waals surface area contributed by atoms with Crippen molar-refractivity contribution in [1.82, 2.24) is 5.32 Å². The summed E-state index contributed by atoms with van der Waals surface area (Å²) in [5.41, 5.74) is 0.625. The van der Waals surface area contributed by atoms with Gasteiger partial charge in [0.15, 0.2) is 6.10 Å². The van der Waals surface area contributed by atoms with Crippen molar-refractivity contribution in [3.05, 3.63) is 28.2 Å². The molecular weight excluding hydrogens is 310 g/mol. The summed E-state index contributed by atoms with van der Waals surface area (Å²) >= 11 is 3.33. The SMILES string of the molecule is C#CCNC(=O)C(C)Oc1cc(Br)ccc1C(C)O. The van der Waals surface area contributed by atoms with Crippen molar-refractivity contribution in [1.29, 1.82) is 0 Å². The second-order valence-electron chi connectivity index (χ2n) is 4.04. The van der Waals surface area contributed by atoms with E-state index in [2.05, 4.69) is 27.2 Å². The Hall–Kier alpha value is -1.51. The van der Waals surface area contributed by atoms with Gasteiger partial charge in [0.2, 0.25) is 0 Å². The Morgan fingerprint density at radius 3 is 2.84 bits per heavy atom. The number of aliphatic hydroxyl groups excluding tert-OH is 1. The van der Waals surface area contributed by atoms with Gasteiger partial charge in [-0.05, 0) is 26.0 Å². The Balaban J connectivity index is 2.84. The lowest BCUT2D eigenvalue weighted by atomic mass is 10.1. The molecule has 0 aliphatic carbocycles. The third-order valence-corrected chi connectivity index (χ3v) is 2.96. The first-order chi connectivity index (χ1) is 8.95. The highest BCUT2D eigenvalue weighted by molar-refractivity contribution is 9.10. The summed E-state index contributed by atoms with van der Waals surface area (Å²) in [5, 5.41) is 12.2. The minimum atomic E-state index is -0.694. The normalized spacial score (nSPS) is 13.2. The summed E-state index contributed by atoms with van der Waals surface area (Å²) in [6, 6.07) is 5.27. The zero-order valence-electron chi connectivity index (χ0n) is 10.8. The summed E-state index contributed by atoms with van der Waals surface area (Å²) in [7, 11) is 0. The van der Waals surface area contributed by atoms with Crippen LogP contribution in [0.4, 0.5) is 0 Å². The Kier molecular flexibility index (Phi) is 5.87. The highest BCUT2D eigenvalue weighted by Gasteiger charge is 2.17. The lowest BCUT2D eigenvalue weighted by Gasteiger charge is -2.18. The average molecular weight is 326 g/mol. The molecule has 0 aliphatic rings. The molecule has 1 rings (SSSR count). The zero-order valence-corrected chi connectivity index (χ0v) is 12.4. The van der Waals surface area contributed by atoms with Crippen molar-refractivity contribution in [2.75, 3.05) is 6.54 Å². The van der Waals surface area contributed by atoms with Gasteiger partial charge < -0.3 is 15.2 Å². The minimum absolute atomic E-state index is 0.161. The summed E-state index contributed by atoms with van der Waals surface area (Å²) in [5.74, 6) is 2.49. The quantitative estimate of drug-likeness (QED) is 0.814. The number of hydrogen-bond donors (Lipinski definition) is 2. The van der Waals surface area contributed by atoms with Crippen LogP contribution in [0, 0.1) is 12.3 Å². The molecule has 102 valence electrons. The van der Waals surface area contributed by atoms with Crippen LogP contribution >= 0.6 is 15.9 Å². The molecule has 0 radical (unpaired) electrons. The van der Waals surface area contributed by atoms with Crippen LogP contribution in [0.25, 0.3) is 0 Å². The van der Waals surface area contributed by atoms with E-state index >= 15 is 0 Å². The maximum Gasteiger partial charge on any atom is 0.261 e. The first-order valence-electron chi connectivity index (χ1n) is 5.81. The smallest absolute Gasteiger partial charge is 0.261 e. The molecule has 1 aromatic rings. The lowest BCUT2D eigenvalue weighted by molar-refractivity contribution is -0.127. The van der Waals surface area contributed by atoms with Crippen LogP contribution in [0.3, 0.4) is 0 Å². The number of carbonyl (C=O) groups excluding carboxylic acids is 1. The molecule has 0 spiro atoms. The van der Waals surface area contributed by atoms with Gasteiger partial charge in [0.05, 0.1) is 12.6 Å². The Morgan fingerprint density at radius 1 is 1.58 bits per heavy atom. The topological polar surface area (TPSA) is 58.6 Å². The van der Waals surface area contributed by atoms with Gasteiger partial charge in [-0.25, -0.2) is 0 Å². The fraction of sp³-hybridized carbons (Fsp3) is 0.357. The van der Waals surface area contributed by atoms with E-state index in [4.69, 9.17) is 11.2 Å². The Labute approximate surface area is 121 Å². The molecule has 19 heavy (non-hydrogen) atoms. The van der Waals surface area contributed by atoms with Gasteiger partial charge in [0.25, 0.3) is 5.91 Å². The van der Waals surface area contributed by atoms with Gasteiger partial charge >= 0.3 is 0 Å². The van der Waals surface area contributed by atoms with E-state index in [1.54, 1.807) is 32.0 Å². The number of rotatable bonds is 5. The molecule has 2 N–H and O–H groups in total. The number of carbonyl (C=O) groups is 1. The number of aliphatic hydroxyl groups is 1. The van der Waals surface area contributed by atoms with Crippen molar-refractivity contribution >= 4 is 21.8 Å². The molecule has 4 nitrogen and oxygen atoms in total. The molecule has 1 amide bonds. The number of hydrogen-bond acceptors (Lipinski definition) is 3. The molecule has 2 atom stereocenters. The van der Waals surface area contributed by atoms with Crippen LogP contribution in [0.5, 0.6) is 5.75 Å². The monoisotopic (exact) mass is 325 g/mol. The van der Waals surface area contributed by atoms with E-state index in [0.717, 1.165) is 4.47 Å². The second-order valence-corrected chi connectivity index (χ2v) is 4.96. The number of terminal acetylenes is 1. The van der Waals surface area contributed by atoms with Gasteiger partial charge in [-0.3, -0.25) is 4.79 Å². The summed E-state index contributed by atoms with van der Waals surface area (Å²) in [6.07, 6.45) is 3.70. The Morgan fingerprint density at radius 2 is 2.26 bits per heavy atom. The minimum Gasteiger partial charge on any atom is -0.480 e. The number of halogens is 1. The highest BCUT2D eigenvalue weighted by Crippen LogP contribution is 2.29. The molecule has 1 aromatic carbocycles. The summed E-state index contributed by atoms with van der Waals surface area (Å²) < 4.78 is 6.38. The number of benzene rings is 1. The van der Waals surface area contributed by atoms with Gasteiger partial charge in [-0.2, -0.15) is 0 Å². The number of nitrogens with one attached hydrogen (secondary N) is 1. The second kappa shape index (κ2) is 7.17. The summed E-state index contributed by atoms with van der Waals surface area (Å²) in [6.45, 7) is 3.42. The maximum absolute atomic E-state index is 11.7. The molecule has 0 saturated heterocycles. The maximum atomic E-state index is 11.7. The average Bonchev–Trinajstić information content (AvgIpc) is 2.35. The van der Waals surface area contributed by atoms with Crippen molar-refractivity contribution in [2.24, 2.45) is 0 Å². The molecule has 5 heteroatoms. The largest absolute Gasteiger partial charge is 0.480 e. The molecule has 0 bridgehead atoms. The first kappa shape index (κ1) is 15.5. The van der Waals surface area contributed by atoms with E-state index in [9.17, 15) is 9.90 Å². The van der Waals surface area contributed by atoms with Crippen LogP contribution in [-0.4, -0.2) is 23.7 Å². The van der Waals surface area contributed by atoms with E-state index in [1.165, 1.54) is 0 Å². The van der Waals surface area contributed by atoms with Crippen molar-refractivity contribution in [3.8, 4) is 18.1 Å². The van der Waals surface area contributed by atoms with Gasteiger partial charge in [-0.1, -0.05) is 27.9 Å². The predicted octanol–water partition coefficient (Wildman–Crippen LogP) is 2.02. The van der Waals surface area contributed by atoms with Crippen LogP contribution in [-0.2, 0) is 4.79 Å². The fourth-order valence-corrected chi connectivity index (χ4v) is 1.82. The van der Waals surface area contributed by atoms with Gasteiger partial charge in [0.1, 0.15) is 5.75 Å². The molecule has 0 saturated carbocycles. The van der Waals surface area contributed by atoms with Crippen molar-refractivity contribution < 1.29 is 14.6 Å². The molecule has 0 aliphatic heterocycles. The zero-order chi connectivity index (χ0) is 14.4. The standard InChI is InChI=1S/C14H16BrNO3/c1-4-7-16-14(18)10(3)19-13-8-11(15)5-6-12(13)9(2)17/h1,5-6,8-10,17H,7H2,2-3H3,(H,16,18). The van der Waals surface area contributed by atoms with E-state index in [-0.39, 0.29) is 12.5 Å². The number of amides is 1. The fourth-order valence-electron chi connectivity index (χ4n) is 1.48. The van der Waals surface area contributed by atoms with E-state index in [1.807, 2.05) is 0 Å². The van der Waals surface area contributed by atoms with Crippen LogP contribution in [0.2, 0.25) is 0 Å². The van der Waals surface area contributed by atoms with Crippen LogP contribution in [0.1, 0.15) is 25.5 Å². The molecule has 2 unspecified atom stereocenters. The predicted molar refractivity (Wildman–Crippen MR) is 76.7 cm³/mol. The van der Waals surface area contributed by atoms with Crippen LogP contribution < -0.4 is 10.1 Å². The molecular formula is C14H16BrNO3. The van der Waals surface area contributed by atoms with Gasteiger partial charge in [0, 0.05) is 10.0 Å². The van der Waals surface area contributed by atoms with Crippen LogP contribution in [0.15, 0.2) is 22.7 Å². The third-order valence-electron chi connectivity index (χ3n) is 2.46. The molecule has 0 aromatic heterocycles. The van der Waals surface area contributed by atoms with E-state index < -0.39 is 12.2 Å². The van der Waals surface area contributed by atoms with Crippen molar-refractivity contribution in [2.45, 2.75) is 26.1 Å². The Bertz CT molecular complexity index is 494. The van der Waals surface area contributed by atoms with Gasteiger partial charge in [-0.15, -0.1) is 6.42 Å². The number of ether oxygens (including phenoxy) is 1. The lowest BCUT2D eigenvalue weighted by Crippen LogP contribution is -2.36. The molecule has 0 fully saturated rings. The van der Waals surface area contributed by atoms with Crippen molar-refractivity contribution in [3.63, 3.8) is 0 Å². The highest BCUT2D eigenvalue weighted by atomic mass is 79.9. The summed E-state index contributed by atoms with van der Waals surface area (Å²) in [4.78, 5) is 11.7. The third kappa shape index (κ3) is 4.58.